The summed E-state index contributed by atoms with van der Waals surface area (Å²) in [7, 11) is 0. The van der Waals surface area contributed by atoms with E-state index >= 15 is 0 Å². The molecule has 2 heterocycles. The summed E-state index contributed by atoms with van der Waals surface area (Å²) in [6.45, 7) is 1.08. The molecule has 31 heavy (non-hydrogen) atoms. The van der Waals surface area contributed by atoms with Gasteiger partial charge in [-0.1, -0.05) is 60.7 Å². The molecule has 0 saturated carbocycles. The summed E-state index contributed by atoms with van der Waals surface area (Å²) in [5.74, 6) is -0.983. The fourth-order valence-corrected chi connectivity index (χ4v) is 3.86. The van der Waals surface area contributed by atoms with Crippen molar-refractivity contribution in [3.8, 4) is 0 Å². The first kappa shape index (κ1) is 20.1. The van der Waals surface area contributed by atoms with Crippen LogP contribution in [0.1, 0.15) is 23.5 Å². The zero-order valence-corrected chi connectivity index (χ0v) is 16.7. The molecule has 9 heteroatoms. The third-order valence-corrected chi connectivity index (χ3v) is 5.25. The van der Waals surface area contributed by atoms with Crippen LogP contribution in [0.4, 0.5) is 0 Å². The topological polar surface area (TPSA) is 126 Å². The normalized spacial score (nSPS) is 18.6. The number of hydrogen-bond acceptors (Lipinski definition) is 7. The van der Waals surface area contributed by atoms with Crippen molar-refractivity contribution in [2.24, 2.45) is 10.8 Å². The first-order valence-electron chi connectivity index (χ1n) is 9.91. The van der Waals surface area contributed by atoms with Gasteiger partial charge in [0, 0.05) is 13.1 Å². The van der Waals surface area contributed by atoms with Crippen molar-refractivity contribution >= 4 is 12.1 Å². The zero-order valence-electron chi connectivity index (χ0n) is 16.7. The van der Waals surface area contributed by atoms with Gasteiger partial charge in [-0.3, -0.25) is 14.9 Å². The van der Waals surface area contributed by atoms with Gasteiger partial charge in [-0.25, -0.2) is 5.43 Å². The van der Waals surface area contributed by atoms with Gasteiger partial charge < -0.3 is 16.0 Å². The number of allylic oxidation sites excluding steroid dienone is 1. The number of hydrogen-bond donors (Lipinski definition) is 3. The minimum atomic E-state index is -0.931. The van der Waals surface area contributed by atoms with Gasteiger partial charge in [0.1, 0.15) is 11.7 Å². The second-order valence-corrected chi connectivity index (χ2v) is 7.18. The van der Waals surface area contributed by atoms with E-state index in [0.29, 0.717) is 24.5 Å². The maximum absolute atomic E-state index is 13.2. The SMILES string of the molecule is NC1=C(C(=O)N/N=C/c2ccccc2)C(c2ccccc2)C([N+](=O)[O-])=C2NCCCN12. The quantitative estimate of drug-likeness (QED) is 0.386. The fourth-order valence-electron chi connectivity index (χ4n) is 3.86. The van der Waals surface area contributed by atoms with E-state index in [1.165, 1.54) is 6.21 Å². The monoisotopic (exact) mass is 418 g/mol. The van der Waals surface area contributed by atoms with E-state index in [0.717, 1.165) is 12.0 Å². The number of hydrazone groups is 1. The zero-order chi connectivity index (χ0) is 21.8. The molecule has 1 amide bonds. The number of carbonyl (C=O) groups excluding carboxylic acids is 1. The highest BCUT2D eigenvalue weighted by Gasteiger charge is 2.45. The van der Waals surface area contributed by atoms with Crippen molar-refractivity contribution in [1.82, 2.24) is 15.6 Å². The van der Waals surface area contributed by atoms with Gasteiger partial charge in [0.05, 0.1) is 16.7 Å². The summed E-state index contributed by atoms with van der Waals surface area (Å²) in [5.41, 5.74) is 10.3. The standard InChI is InChI=1S/C22H22N6O3/c23-20-18(22(29)26-25-14-15-8-3-1-4-9-15)17(16-10-5-2-6-11-16)19(28(30)31)21-24-12-7-13-27(20)21/h1-6,8-11,14,17,24H,7,12-13,23H2,(H,26,29)/b25-14+. The highest BCUT2D eigenvalue weighted by atomic mass is 16.6. The van der Waals surface area contributed by atoms with Crippen LogP contribution in [0.2, 0.25) is 0 Å². The van der Waals surface area contributed by atoms with Gasteiger partial charge >= 0.3 is 0 Å². The summed E-state index contributed by atoms with van der Waals surface area (Å²) in [4.78, 5) is 26.5. The van der Waals surface area contributed by atoms with E-state index in [-0.39, 0.29) is 17.1 Å². The van der Waals surface area contributed by atoms with Crippen LogP contribution in [0.5, 0.6) is 0 Å². The van der Waals surface area contributed by atoms with E-state index in [2.05, 4.69) is 15.8 Å². The molecule has 2 aliphatic rings. The third-order valence-electron chi connectivity index (χ3n) is 5.25. The summed E-state index contributed by atoms with van der Waals surface area (Å²) < 4.78 is 0. The molecule has 1 unspecified atom stereocenters. The largest absolute Gasteiger partial charge is 0.385 e. The van der Waals surface area contributed by atoms with Crippen molar-refractivity contribution in [2.75, 3.05) is 13.1 Å². The van der Waals surface area contributed by atoms with E-state index in [9.17, 15) is 14.9 Å². The van der Waals surface area contributed by atoms with Gasteiger partial charge in [0.15, 0.2) is 5.82 Å². The lowest BCUT2D eigenvalue weighted by Crippen LogP contribution is -2.48. The van der Waals surface area contributed by atoms with Crippen molar-refractivity contribution in [1.29, 1.82) is 0 Å². The molecule has 0 radical (unpaired) electrons. The summed E-state index contributed by atoms with van der Waals surface area (Å²) in [6.07, 6.45) is 2.25. The highest BCUT2D eigenvalue weighted by Crippen LogP contribution is 2.40. The Morgan fingerprint density at radius 2 is 1.87 bits per heavy atom. The maximum Gasteiger partial charge on any atom is 0.298 e. The molecule has 1 atom stereocenters. The number of amides is 1. The molecular formula is C22H22N6O3. The van der Waals surface area contributed by atoms with Crippen LogP contribution in [0.25, 0.3) is 0 Å². The van der Waals surface area contributed by atoms with E-state index in [1.807, 2.05) is 36.4 Å². The lowest BCUT2D eigenvalue weighted by Gasteiger charge is -2.38. The third kappa shape index (κ3) is 3.97. The molecule has 9 nitrogen and oxygen atoms in total. The van der Waals surface area contributed by atoms with Crippen molar-refractivity contribution in [2.45, 2.75) is 12.3 Å². The number of nitro groups is 1. The Morgan fingerprint density at radius 3 is 2.55 bits per heavy atom. The van der Waals surface area contributed by atoms with Crippen LogP contribution in [-0.4, -0.2) is 35.0 Å². The summed E-state index contributed by atoms with van der Waals surface area (Å²) >= 11 is 0. The number of nitrogens with zero attached hydrogens (tertiary/aromatic N) is 3. The number of nitrogens with two attached hydrogens (primary N) is 1. The van der Waals surface area contributed by atoms with Crippen molar-refractivity contribution < 1.29 is 9.72 Å². The molecular weight excluding hydrogens is 396 g/mol. The van der Waals surface area contributed by atoms with Crippen molar-refractivity contribution in [3.63, 3.8) is 0 Å². The number of fused-ring (bicyclic) bond motifs is 1. The maximum atomic E-state index is 13.2. The number of benzene rings is 2. The molecule has 0 aliphatic carbocycles. The van der Waals surface area contributed by atoms with Crippen molar-refractivity contribution in [3.05, 3.63) is 105 Å². The molecule has 2 aromatic rings. The minimum Gasteiger partial charge on any atom is -0.385 e. The Morgan fingerprint density at radius 1 is 1.19 bits per heavy atom. The summed E-state index contributed by atoms with van der Waals surface area (Å²) in [6, 6.07) is 18.1. The molecule has 0 bridgehead atoms. The molecule has 2 aromatic carbocycles. The van der Waals surface area contributed by atoms with Gasteiger partial charge in [0.25, 0.3) is 11.6 Å². The molecule has 2 aliphatic heterocycles. The Balaban J connectivity index is 1.75. The molecule has 4 N–H and O–H groups in total. The molecule has 158 valence electrons. The van der Waals surface area contributed by atoms with E-state index < -0.39 is 16.7 Å². The van der Waals surface area contributed by atoms with Crippen LogP contribution in [-0.2, 0) is 4.79 Å². The van der Waals surface area contributed by atoms with Gasteiger partial charge in [-0.2, -0.15) is 5.10 Å². The Hall–Kier alpha value is -4.14. The Bertz CT molecular complexity index is 1080. The van der Waals surface area contributed by atoms with Gasteiger partial charge in [0.2, 0.25) is 0 Å². The van der Waals surface area contributed by atoms with E-state index in [1.54, 1.807) is 29.2 Å². The molecule has 0 spiro atoms. The molecule has 4 rings (SSSR count). The smallest absolute Gasteiger partial charge is 0.298 e. The fraction of sp³-hybridized carbons (Fsp3) is 0.182. The second kappa shape index (κ2) is 8.70. The lowest BCUT2D eigenvalue weighted by molar-refractivity contribution is -0.432. The second-order valence-electron chi connectivity index (χ2n) is 7.18. The Kier molecular flexibility index (Phi) is 5.65. The first-order valence-corrected chi connectivity index (χ1v) is 9.91. The predicted octanol–water partition coefficient (Wildman–Crippen LogP) is 1.85. The van der Waals surface area contributed by atoms with Crippen LogP contribution in [0.15, 0.2) is 88.7 Å². The van der Waals surface area contributed by atoms with E-state index in [4.69, 9.17) is 5.73 Å². The van der Waals surface area contributed by atoms with Crippen LogP contribution >= 0.6 is 0 Å². The minimum absolute atomic E-state index is 0.0997. The average molecular weight is 418 g/mol. The predicted molar refractivity (Wildman–Crippen MR) is 116 cm³/mol. The van der Waals surface area contributed by atoms with Crippen LogP contribution in [0.3, 0.4) is 0 Å². The molecule has 1 saturated heterocycles. The highest BCUT2D eigenvalue weighted by molar-refractivity contribution is 5.97. The summed E-state index contributed by atoms with van der Waals surface area (Å²) in [5, 5.41) is 19.2. The number of nitrogens with one attached hydrogen (secondary N) is 2. The lowest BCUT2D eigenvalue weighted by atomic mass is 9.84. The van der Waals surface area contributed by atoms with Crippen LogP contribution < -0.4 is 16.5 Å². The Labute approximate surface area is 179 Å². The molecule has 0 aromatic heterocycles. The van der Waals surface area contributed by atoms with Crippen LogP contribution in [0, 0.1) is 10.1 Å². The van der Waals surface area contributed by atoms with Gasteiger partial charge in [-0.05, 0) is 17.5 Å². The number of rotatable bonds is 5. The molecule has 1 fully saturated rings. The first-order chi connectivity index (χ1) is 15.1. The average Bonchev–Trinajstić information content (AvgIpc) is 2.80. The number of carbonyl (C=O) groups is 1. The van der Waals surface area contributed by atoms with Gasteiger partial charge in [-0.15, -0.1) is 0 Å².